The number of hydrogen-bond donors (Lipinski definition) is 1. The molecule has 0 fully saturated rings. The molecular formula is C17H14F2N2. The Morgan fingerprint density at radius 2 is 1.76 bits per heavy atom. The number of aromatic nitrogens is 1. The highest BCUT2D eigenvalue weighted by molar-refractivity contribution is 5.79. The zero-order valence-electron chi connectivity index (χ0n) is 11.3. The van der Waals surface area contributed by atoms with E-state index in [9.17, 15) is 8.78 Å². The van der Waals surface area contributed by atoms with Gasteiger partial charge in [-0.1, -0.05) is 12.1 Å². The summed E-state index contributed by atoms with van der Waals surface area (Å²) >= 11 is 0. The van der Waals surface area contributed by atoms with E-state index in [1.165, 1.54) is 12.1 Å². The van der Waals surface area contributed by atoms with Gasteiger partial charge in [-0.05, 0) is 47.9 Å². The first-order chi connectivity index (χ1) is 10.1. The Morgan fingerprint density at radius 1 is 1.00 bits per heavy atom. The van der Waals surface area contributed by atoms with Crippen molar-refractivity contribution in [3.8, 4) is 0 Å². The molecule has 1 aromatic heterocycles. The molecule has 4 heteroatoms. The van der Waals surface area contributed by atoms with Gasteiger partial charge in [-0.2, -0.15) is 0 Å². The van der Waals surface area contributed by atoms with Gasteiger partial charge in [0.1, 0.15) is 11.6 Å². The largest absolute Gasteiger partial charge is 0.324 e. The van der Waals surface area contributed by atoms with Crippen LogP contribution in [0.15, 0.2) is 54.7 Å². The lowest BCUT2D eigenvalue weighted by Crippen LogP contribution is -2.13. The zero-order valence-corrected chi connectivity index (χ0v) is 11.3. The maximum absolute atomic E-state index is 13.2. The lowest BCUT2D eigenvalue weighted by Gasteiger charge is -2.13. The van der Waals surface area contributed by atoms with Gasteiger partial charge in [0.2, 0.25) is 0 Å². The summed E-state index contributed by atoms with van der Waals surface area (Å²) in [6.45, 7) is 0. The fraction of sp³-hybridized carbons (Fsp3) is 0.118. The second-order valence-electron chi connectivity index (χ2n) is 5.04. The fourth-order valence-corrected chi connectivity index (χ4v) is 2.43. The molecule has 2 aromatic carbocycles. The van der Waals surface area contributed by atoms with Gasteiger partial charge in [0, 0.05) is 23.7 Å². The second kappa shape index (κ2) is 5.58. The summed E-state index contributed by atoms with van der Waals surface area (Å²) in [6.07, 6.45) is 2.11. The summed E-state index contributed by atoms with van der Waals surface area (Å²) in [4.78, 5) is 4.25. The zero-order chi connectivity index (χ0) is 14.8. The number of halogens is 2. The Kier molecular flexibility index (Phi) is 3.62. The monoisotopic (exact) mass is 284 g/mol. The van der Waals surface area contributed by atoms with Crippen molar-refractivity contribution in [2.45, 2.75) is 12.5 Å². The molecule has 0 saturated heterocycles. The predicted molar refractivity (Wildman–Crippen MR) is 78.7 cm³/mol. The summed E-state index contributed by atoms with van der Waals surface area (Å²) in [5.41, 5.74) is 8.51. The topological polar surface area (TPSA) is 38.9 Å². The maximum atomic E-state index is 13.2. The van der Waals surface area contributed by atoms with E-state index in [1.807, 2.05) is 30.3 Å². The molecule has 0 bridgehead atoms. The van der Waals surface area contributed by atoms with Crippen molar-refractivity contribution in [2.75, 3.05) is 0 Å². The molecule has 3 rings (SSSR count). The molecule has 2 N–H and O–H groups in total. The van der Waals surface area contributed by atoms with E-state index in [4.69, 9.17) is 5.73 Å². The van der Waals surface area contributed by atoms with E-state index < -0.39 is 11.6 Å². The van der Waals surface area contributed by atoms with E-state index in [0.29, 0.717) is 12.0 Å². The number of nitrogens with two attached hydrogens (primary N) is 1. The van der Waals surface area contributed by atoms with Crippen molar-refractivity contribution in [3.05, 3.63) is 77.5 Å². The molecule has 1 atom stereocenters. The van der Waals surface area contributed by atoms with Crippen LogP contribution < -0.4 is 5.73 Å². The van der Waals surface area contributed by atoms with Crippen molar-refractivity contribution in [1.29, 1.82) is 0 Å². The van der Waals surface area contributed by atoms with Crippen LogP contribution in [0.1, 0.15) is 17.2 Å². The van der Waals surface area contributed by atoms with Gasteiger partial charge < -0.3 is 5.73 Å². The molecular weight excluding hydrogens is 270 g/mol. The van der Waals surface area contributed by atoms with Crippen LogP contribution in [0.25, 0.3) is 10.9 Å². The van der Waals surface area contributed by atoms with Crippen LogP contribution in [0.3, 0.4) is 0 Å². The smallest absolute Gasteiger partial charge is 0.126 e. The number of benzene rings is 2. The van der Waals surface area contributed by atoms with Crippen LogP contribution >= 0.6 is 0 Å². The Bertz CT molecular complexity index is 766. The summed E-state index contributed by atoms with van der Waals surface area (Å²) in [5.74, 6) is -1.17. The van der Waals surface area contributed by atoms with Gasteiger partial charge in [0.15, 0.2) is 0 Å². The summed E-state index contributed by atoms with van der Waals surface area (Å²) in [6, 6.07) is 12.7. The molecule has 1 unspecified atom stereocenters. The van der Waals surface area contributed by atoms with Gasteiger partial charge in [-0.15, -0.1) is 0 Å². The van der Waals surface area contributed by atoms with Crippen LogP contribution in [0.2, 0.25) is 0 Å². The van der Waals surface area contributed by atoms with E-state index in [-0.39, 0.29) is 6.04 Å². The molecule has 0 spiro atoms. The molecule has 3 aromatic rings. The van der Waals surface area contributed by atoms with Gasteiger partial charge in [-0.3, -0.25) is 4.98 Å². The van der Waals surface area contributed by atoms with E-state index in [0.717, 1.165) is 22.5 Å². The highest BCUT2D eigenvalue weighted by atomic mass is 19.1. The Morgan fingerprint density at radius 3 is 2.52 bits per heavy atom. The van der Waals surface area contributed by atoms with Crippen molar-refractivity contribution < 1.29 is 8.78 Å². The van der Waals surface area contributed by atoms with E-state index in [2.05, 4.69) is 4.98 Å². The van der Waals surface area contributed by atoms with Gasteiger partial charge in [0.05, 0.1) is 5.52 Å². The maximum Gasteiger partial charge on any atom is 0.126 e. The third kappa shape index (κ3) is 3.06. The first-order valence-corrected chi connectivity index (χ1v) is 6.67. The average Bonchev–Trinajstić information content (AvgIpc) is 2.45. The Hall–Kier alpha value is -2.33. The molecule has 0 aliphatic heterocycles. The van der Waals surface area contributed by atoms with Crippen LogP contribution in [-0.4, -0.2) is 4.98 Å². The van der Waals surface area contributed by atoms with Crippen LogP contribution in [-0.2, 0) is 6.42 Å². The highest BCUT2D eigenvalue weighted by Crippen LogP contribution is 2.21. The molecule has 0 aliphatic carbocycles. The van der Waals surface area contributed by atoms with E-state index in [1.54, 1.807) is 6.20 Å². The SMILES string of the molecule is NC(Cc1cc(F)cc(F)c1)c1ccc2ncccc2c1. The minimum Gasteiger partial charge on any atom is -0.324 e. The minimum absolute atomic E-state index is 0.323. The molecule has 21 heavy (non-hydrogen) atoms. The van der Waals surface area contributed by atoms with Gasteiger partial charge in [-0.25, -0.2) is 8.78 Å². The average molecular weight is 284 g/mol. The molecule has 0 saturated carbocycles. The number of nitrogens with zero attached hydrogens (tertiary/aromatic N) is 1. The van der Waals surface area contributed by atoms with Gasteiger partial charge >= 0.3 is 0 Å². The number of pyridine rings is 1. The predicted octanol–water partition coefficient (Wildman–Crippen LogP) is 3.76. The van der Waals surface area contributed by atoms with Crippen LogP contribution in [0.4, 0.5) is 8.78 Å². The van der Waals surface area contributed by atoms with E-state index >= 15 is 0 Å². The molecule has 106 valence electrons. The lowest BCUT2D eigenvalue weighted by molar-refractivity contribution is 0.576. The summed E-state index contributed by atoms with van der Waals surface area (Å²) in [7, 11) is 0. The van der Waals surface area contributed by atoms with Crippen LogP contribution in [0.5, 0.6) is 0 Å². The number of fused-ring (bicyclic) bond motifs is 1. The van der Waals surface area contributed by atoms with Crippen molar-refractivity contribution >= 4 is 10.9 Å². The number of hydrogen-bond acceptors (Lipinski definition) is 2. The Labute approximate surface area is 121 Å². The quantitative estimate of drug-likeness (QED) is 0.795. The third-order valence-corrected chi connectivity index (χ3v) is 3.43. The summed E-state index contributed by atoms with van der Waals surface area (Å²) < 4.78 is 26.4. The first-order valence-electron chi connectivity index (χ1n) is 6.67. The molecule has 0 aliphatic rings. The first kappa shape index (κ1) is 13.6. The summed E-state index contributed by atoms with van der Waals surface area (Å²) in [5, 5.41) is 0.996. The standard InChI is InChI=1S/C17H14F2N2/c18-14-6-11(7-15(19)10-14)8-16(20)12-3-4-17-13(9-12)2-1-5-21-17/h1-7,9-10,16H,8,20H2. The number of rotatable bonds is 3. The molecule has 2 nitrogen and oxygen atoms in total. The Balaban J connectivity index is 1.87. The van der Waals surface area contributed by atoms with Gasteiger partial charge in [0.25, 0.3) is 0 Å². The third-order valence-electron chi connectivity index (χ3n) is 3.43. The fourth-order valence-electron chi connectivity index (χ4n) is 2.43. The van der Waals surface area contributed by atoms with Crippen LogP contribution in [0, 0.1) is 11.6 Å². The highest BCUT2D eigenvalue weighted by Gasteiger charge is 2.10. The minimum atomic E-state index is -0.583. The molecule has 0 amide bonds. The lowest BCUT2D eigenvalue weighted by atomic mass is 9.98. The van der Waals surface area contributed by atoms with Crippen molar-refractivity contribution in [2.24, 2.45) is 5.73 Å². The van der Waals surface area contributed by atoms with Crippen molar-refractivity contribution in [3.63, 3.8) is 0 Å². The second-order valence-corrected chi connectivity index (χ2v) is 5.04. The normalized spacial score (nSPS) is 12.5. The molecule has 0 radical (unpaired) electrons. The molecule has 1 heterocycles. The van der Waals surface area contributed by atoms with Crippen molar-refractivity contribution in [1.82, 2.24) is 4.98 Å².